The topological polar surface area (TPSA) is 31.2 Å². The Balaban J connectivity index is 4.49. The van der Waals surface area contributed by atoms with Gasteiger partial charge in [0.05, 0.1) is 0 Å². The SMILES string of the molecule is CN=C(N=C(C)N(C)C)N(C)C. The molecule has 0 aromatic heterocycles. The Bertz CT molecular complexity index is 191. The third-order valence-corrected chi connectivity index (χ3v) is 1.51. The lowest BCUT2D eigenvalue weighted by Crippen LogP contribution is -2.25. The zero-order valence-electron chi connectivity index (χ0n) is 8.79. The van der Waals surface area contributed by atoms with E-state index in [0.29, 0.717) is 0 Å². The van der Waals surface area contributed by atoms with E-state index in [1.165, 1.54) is 0 Å². The number of nitrogens with zero attached hydrogens (tertiary/aromatic N) is 4. The molecule has 0 aliphatic heterocycles. The van der Waals surface area contributed by atoms with Gasteiger partial charge >= 0.3 is 0 Å². The van der Waals surface area contributed by atoms with Crippen molar-refractivity contribution < 1.29 is 0 Å². The van der Waals surface area contributed by atoms with Crippen molar-refractivity contribution in [2.45, 2.75) is 6.92 Å². The monoisotopic (exact) mass is 170 g/mol. The predicted octanol–water partition coefficient (Wildman–Crippen LogP) is 0.514. The molecule has 0 aliphatic carbocycles. The van der Waals surface area contributed by atoms with Crippen molar-refractivity contribution in [3.63, 3.8) is 0 Å². The first kappa shape index (κ1) is 10.9. The summed E-state index contributed by atoms with van der Waals surface area (Å²) < 4.78 is 0. The minimum Gasteiger partial charge on any atom is -0.366 e. The van der Waals surface area contributed by atoms with Crippen molar-refractivity contribution in [3.05, 3.63) is 0 Å². The van der Waals surface area contributed by atoms with Crippen LogP contribution in [0.1, 0.15) is 6.92 Å². The molecule has 0 amide bonds. The molecule has 0 unspecified atom stereocenters. The number of guanidine groups is 1. The lowest BCUT2D eigenvalue weighted by molar-refractivity contribution is 0.597. The van der Waals surface area contributed by atoms with Crippen molar-refractivity contribution in [3.8, 4) is 0 Å². The summed E-state index contributed by atoms with van der Waals surface area (Å²) in [5, 5.41) is 0. The van der Waals surface area contributed by atoms with Crippen LogP contribution in [-0.4, -0.2) is 56.8 Å². The van der Waals surface area contributed by atoms with Gasteiger partial charge in [-0.2, -0.15) is 0 Å². The van der Waals surface area contributed by atoms with Gasteiger partial charge in [0.2, 0.25) is 5.96 Å². The van der Waals surface area contributed by atoms with Crippen molar-refractivity contribution >= 4 is 11.8 Å². The fourth-order valence-corrected chi connectivity index (χ4v) is 0.595. The molecule has 0 rings (SSSR count). The zero-order chi connectivity index (χ0) is 9.72. The first-order valence-electron chi connectivity index (χ1n) is 3.85. The summed E-state index contributed by atoms with van der Waals surface area (Å²) in [6.07, 6.45) is 0. The molecule has 4 nitrogen and oxygen atoms in total. The van der Waals surface area contributed by atoms with Crippen LogP contribution in [0.4, 0.5) is 0 Å². The van der Waals surface area contributed by atoms with E-state index in [1.807, 2.05) is 44.9 Å². The van der Waals surface area contributed by atoms with E-state index in [4.69, 9.17) is 0 Å². The van der Waals surface area contributed by atoms with Gasteiger partial charge < -0.3 is 9.80 Å². The van der Waals surface area contributed by atoms with E-state index < -0.39 is 0 Å². The molecule has 0 bridgehead atoms. The van der Waals surface area contributed by atoms with Crippen LogP contribution in [0.5, 0.6) is 0 Å². The molecule has 0 heterocycles. The van der Waals surface area contributed by atoms with Crippen LogP contribution >= 0.6 is 0 Å². The van der Waals surface area contributed by atoms with E-state index in [0.717, 1.165) is 11.8 Å². The van der Waals surface area contributed by atoms with Crippen LogP contribution < -0.4 is 0 Å². The Morgan fingerprint density at radius 1 is 1.00 bits per heavy atom. The van der Waals surface area contributed by atoms with E-state index in [1.54, 1.807) is 7.05 Å². The van der Waals surface area contributed by atoms with Gasteiger partial charge in [0, 0.05) is 35.2 Å². The molecule has 0 saturated heterocycles. The van der Waals surface area contributed by atoms with E-state index >= 15 is 0 Å². The van der Waals surface area contributed by atoms with Crippen molar-refractivity contribution in [1.82, 2.24) is 9.80 Å². The molecule has 70 valence electrons. The van der Waals surface area contributed by atoms with Gasteiger partial charge in [0.15, 0.2) is 0 Å². The third kappa shape index (κ3) is 3.37. The highest BCUT2D eigenvalue weighted by atomic mass is 15.3. The maximum atomic E-state index is 4.31. The number of hydrogen-bond donors (Lipinski definition) is 0. The molecule has 0 fully saturated rings. The molecule has 0 saturated carbocycles. The molecular formula is C8H18N4. The van der Waals surface area contributed by atoms with Gasteiger partial charge in [-0.1, -0.05) is 0 Å². The van der Waals surface area contributed by atoms with Crippen molar-refractivity contribution in [2.24, 2.45) is 9.98 Å². The fraction of sp³-hybridized carbons (Fsp3) is 0.750. The summed E-state index contributed by atoms with van der Waals surface area (Å²) >= 11 is 0. The number of amidine groups is 1. The second kappa shape index (κ2) is 4.74. The molecule has 0 aliphatic rings. The van der Waals surface area contributed by atoms with Gasteiger partial charge in [0.1, 0.15) is 5.84 Å². The number of hydrogen-bond acceptors (Lipinski definition) is 1. The summed E-state index contributed by atoms with van der Waals surface area (Å²) in [4.78, 5) is 12.2. The highest BCUT2D eigenvalue weighted by Gasteiger charge is 1.99. The fourth-order valence-electron chi connectivity index (χ4n) is 0.595. The molecular weight excluding hydrogens is 152 g/mol. The molecule has 0 radical (unpaired) electrons. The lowest BCUT2D eigenvalue weighted by Gasteiger charge is -2.15. The smallest absolute Gasteiger partial charge is 0.221 e. The Kier molecular flexibility index (Phi) is 4.33. The van der Waals surface area contributed by atoms with Crippen LogP contribution in [0.25, 0.3) is 0 Å². The summed E-state index contributed by atoms with van der Waals surface area (Å²) in [5.74, 6) is 1.69. The molecule has 0 spiro atoms. The second-order valence-electron chi connectivity index (χ2n) is 2.97. The Hall–Kier alpha value is -1.06. The van der Waals surface area contributed by atoms with Crippen LogP contribution in [-0.2, 0) is 0 Å². The summed E-state index contributed by atoms with van der Waals surface area (Å²) in [6, 6.07) is 0. The van der Waals surface area contributed by atoms with Crippen LogP contribution in [0.3, 0.4) is 0 Å². The average Bonchev–Trinajstić information content (AvgIpc) is 1.98. The minimum absolute atomic E-state index is 0.737. The van der Waals surface area contributed by atoms with Crippen LogP contribution in [0, 0.1) is 0 Å². The summed E-state index contributed by atoms with van der Waals surface area (Å²) in [7, 11) is 9.51. The summed E-state index contributed by atoms with van der Waals surface area (Å²) in [6.45, 7) is 1.95. The Morgan fingerprint density at radius 2 is 1.50 bits per heavy atom. The molecule has 0 aromatic rings. The maximum absolute atomic E-state index is 4.31. The number of aliphatic imine (C=N–C) groups is 2. The normalized spacial score (nSPS) is 13.2. The molecule has 12 heavy (non-hydrogen) atoms. The predicted molar refractivity (Wildman–Crippen MR) is 53.8 cm³/mol. The molecule has 0 N–H and O–H groups in total. The number of rotatable bonds is 0. The summed E-state index contributed by atoms with van der Waals surface area (Å²) in [5.41, 5.74) is 0. The standard InChI is InChI=1S/C8H18N4/c1-7(11(3)4)10-8(9-2)12(5)6/h1-6H3. The Morgan fingerprint density at radius 3 is 1.75 bits per heavy atom. The van der Waals surface area contributed by atoms with Gasteiger partial charge in [-0.15, -0.1) is 0 Å². The zero-order valence-corrected chi connectivity index (χ0v) is 8.79. The average molecular weight is 170 g/mol. The Labute approximate surface area is 74.6 Å². The van der Waals surface area contributed by atoms with Crippen molar-refractivity contribution in [1.29, 1.82) is 0 Å². The largest absolute Gasteiger partial charge is 0.366 e. The highest BCUT2D eigenvalue weighted by molar-refractivity contribution is 5.94. The molecule has 0 atom stereocenters. The minimum atomic E-state index is 0.737. The first-order valence-corrected chi connectivity index (χ1v) is 3.85. The van der Waals surface area contributed by atoms with E-state index in [9.17, 15) is 0 Å². The molecule has 4 heteroatoms. The third-order valence-electron chi connectivity index (χ3n) is 1.51. The molecule has 0 aromatic carbocycles. The van der Waals surface area contributed by atoms with E-state index in [-0.39, 0.29) is 0 Å². The van der Waals surface area contributed by atoms with Crippen molar-refractivity contribution in [2.75, 3.05) is 35.2 Å². The van der Waals surface area contributed by atoms with Crippen LogP contribution in [0.15, 0.2) is 9.98 Å². The van der Waals surface area contributed by atoms with Crippen LogP contribution in [0.2, 0.25) is 0 Å². The van der Waals surface area contributed by atoms with Gasteiger partial charge in [-0.3, -0.25) is 4.99 Å². The lowest BCUT2D eigenvalue weighted by atomic mass is 10.6. The van der Waals surface area contributed by atoms with Gasteiger partial charge in [-0.25, -0.2) is 4.99 Å². The highest BCUT2D eigenvalue weighted by Crippen LogP contribution is 1.89. The quantitative estimate of drug-likeness (QED) is 0.392. The van der Waals surface area contributed by atoms with Gasteiger partial charge in [-0.05, 0) is 6.92 Å². The van der Waals surface area contributed by atoms with Gasteiger partial charge in [0.25, 0.3) is 0 Å². The maximum Gasteiger partial charge on any atom is 0.221 e. The van der Waals surface area contributed by atoms with E-state index in [2.05, 4.69) is 9.98 Å². The second-order valence-corrected chi connectivity index (χ2v) is 2.97. The first-order chi connectivity index (χ1) is 5.49.